The Bertz CT molecular complexity index is 327. The minimum absolute atomic E-state index is 0.0679. The van der Waals surface area contributed by atoms with E-state index in [0.717, 1.165) is 0 Å². The van der Waals surface area contributed by atoms with Crippen LogP contribution in [-0.2, 0) is 14.4 Å². The number of rotatable bonds is 4. The van der Waals surface area contributed by atoms with E-state index in [9.17, 15) is 14.4 Å². The number of amides is 3. The zero-order valence-electron chi connectivity index (χ0n) is 9.16. The van der Waals surface area contributed by atoms with E-state index >= 15 is 0 Å². The van der Waals surface area contributed by atoms with Crippen molar-refractivity contribution in [3.05, 3.63) is 12.7 Å². The van der Waals surface area contributed by atoms with Crippen LogP contribution in [0.15, 0.2) is 12.7 Å². The molecule has 1 heterocycles. The molecule has 1 atom stereocenters. The molecule has 6 nitrogen and oxygen atoms in total. The van der Waals surface area contributed by atoms with Crippen LogP contribution < -0.4 is 10.6 Å². The molecule has 0 aliphatic carbocycles. The van der Waals surface area contributed by atoms with Gasteiger partial charge in [-0.05, 0) is 6.92 Å². The molecule has 1 rings (SSSR count). The Kier molecular flexibility index (Phi) is 4.19. The van der Waals surface area contributed by atoms with Gasteiger partial charge >= 0.3 is 0 Å². The van der Waals surface area contributed by atoms with Crippen molar-refractivity contribution >= 4 is 17.7 Å². The van der Waals surface area contributed by atoms with Gasteiger partial charge in [-0.1, -0.05) is 6.08 Å². The van der Waals surface area contributed by atoms with Crippen LogP contribution in [0.25, 0.3) is 0 Å². The number of piperazine rings is 1. The highest BCUT2D eigenvalue weighted by Crippen LogP contribution is 2.04. The van der Waals surface area contributed by atoms with Crippen LogP contribution in [0, 0.1) is 0 Å². The van der Waals surface area contributed by atoms with Gasteiger partial charge < -0.3 is 10.2 Å². The zero-order valence-corrected chi connectivity index (χ0v) is 9.16. The molecule has 0 aromatic heterocycles. The minimum atomic E-state index is -0.601. The molecule has 0 aromatic carbocycles. The summed E-state index contributed by atoms with van der Waals surface area (Å²) in [6.07, 6.45) is 1.63. The number of hydrogen-bond donors (Lipinski definition) is 2. The Labute approximate surface area is 93.7 Å². The lowest BCUT2D eigenvalue weighted by Crippen LogP contribution is -2.59. The van der Waals surface area contributed by atoms with Gasteiger partial charge in [0, 0.05) is 6.54 Å². The van der Waals surface area contributed by atoms with Crippen LogP contribution in [0.5, 0.6) is 0 Å². The third-order valence-electron chi connectivity index (χ3n) is 2.31. The van der Waals surface area contributed by atoms with Crippen molar-refractivity contribution in [1.82, 2.24) is 15.5 Å². The average molecular weight is 225 g/mol. The number of nitrogens with one attached hydrogen (secondary N) is 2. The smallest absolute Gasteiger partial charge is 0.249 e. The summed E-state index contributed by atoms with van der Waals surface area (Å²) in [6, 6.07) is -0.601. The van der Waals surface area contributed by atoms with Gasteiger partial charge in [0.05, 0.1) is 6.54 Å². The molecule has 2 N–H and O–H groups in total. The second kappa shape index (κ2) is 5.41. The first-order chi connectivity index (χ1) is 7.56. The van der Waals surface area contributed by atoms with Gasteiger partial charge in [-0.15, -0.1) is 6.58 Å². The Balaban J connectivity index is 2.56. The summed E-state index contributed by atoms with van der Waals surface area (Å²) in [5, 5.41) is 5.00. The number of nitrogens with zero attached hydrogens (tertiary/aromatic N) is 1. The molecule has 1 aliphatic rings. The van der Waals surface area contributed by atoms with Crippen molar-refractivity contribution in [3.8, 4) is 0 Å². The molecular formula is C10H15N3O3. The zero-order chi connectivity index (χ0) is 12.1. The topological polar surface area (TPSA) is 78.5 Å². The maximum absolute atomic E-state index is 11.7. The van der Waals surface area contributed by atoms with E-state index in [4.69, 9.17) is 0 Å². The Morgan fingerprint density at radius 3 is 3.00 bits per heavy atom. The van der Waals surface area contributed by atoms with Gasteiger partial charge in [0.25, 0.3) is 0 Å². The molecule has 1 unspecified atom stereocenters. The summed E-state index contributed by atoms with van der Waals surface area (Å²) < 4.78 is 0. The molecule has 1 aliphatic heterocycles. The minimum Gasteiger partial charge on any atom is -0.321 e. The summed E-state index contributed by atoms with van der Waals surface area (Å²) >= 11 is 0. The van der Waals surface area contributed by atoms with Crippen molar-refractivity contribution in [1.29, 1.82) is 0 Å². The van der Waals surface area contributed by atoms with Crippen LogP contribution in [-0.4, -0.2) is 48.3 Å². The SMILES string of the molecule is C=CCNCC(=O)N1CC(=O)NC(=O)C1C. The number of imide groups is 1. The lowest BCUT2D eigenvalue weighted by molar-refractivity contribution is -0.148. The van der Waals surface area contributed by atoms with Gasteiger partial charge in [-0.25, -0.2) is 0 Å². The highest BCUT2D eigenvalue weighted by molar-refractivity contribution is 6.04. The van der Waals surface area contributed by atoms with Gasteiger partial charge in [0.1, 0.15) is 12.6 Å². The number of carbonyl (C=O) groups excluding carboxylic acids is 3. The molecule has 3 amide bonds. The number of carbonyl (C=O) groups is 3. The van der Waals surface area contributed by atoms with Gasteiger partial charge in [0.2, 0.25) is 17.7 Å². The van der Waals surface area contributed by atoms with E-state index < -0.39 is 17.9 Å². The molecule has 16 heavy (non-hydrogen) atoms. The van der Waals surface area contributed by atoms with Crippen molar-refractivity contribution in [2.75, 3.05) is 19.6 Å². The summed E-state index contributed by atoms with van der Waals surface area (Å²) in [6.45, 7) is 5.63. The first kappa shape index (κ1) is 12.4. The van der Waals surface area contributed by atoms with E-state index in [-0.39, 0.29) is 19.0 Å². The van der Waals surface area contributed by atoms with Crippen molar-refractivity contribution in [2.45, 2.75) is 13.0 Å². The van der Waals surface area contributed by atoms with Gasteiger partial charge in [0.15, 0.2) is 0 Å². The van der Waals surface area contributed by atoms with Crippen molar-refractivity contribution in [3.63, 3.8) is 0 Å². The Morgan fingerprint density at radius 2 is 2.38 bits per heavy atom. The second-order valence-electron chi connectivity index (χ2n) is 3.53. The monoisotopic (exact) mass is 225 g/mol. The molecule has 88 valence electrons. The molecule has 0 saturated carbocycles. The molecule has 0 spiro atoms. The predicted molar refractivity (Wildman–Crippen MR) is 57.4 cm³/mol. The third kappa shape index (κ3) is 2.90. The lowest BCUT2D eigenvalue weighted by atomic mass is 10.2. The molecule has 0 aromatic rings. The lowest BCUT2D eigenvalue weighted by Gasteiger charge is -2.31. The fourth-order valence-electron chi connectivity index (χ4n) is 1.40. The molecule has 6 heteroatoms. The summed E-state index contributed by atoms with van der Waals surface area (Å²) in [7, 11) is 0. The largest absolute Gasteiger partial charge is 0.321 e. The number of hydrogen-bond acceptors (Lipinski definition) is 4. The molecule has 1 fully saturated rings. The summed E-state index contributed by atoms with van der Waals surface area (Å²) in [5.74, 6) is -1.15. The molecule has 0 radical (unpaired) electrons. The van der Waals surface area contributed by atoms with Crippen LogP contribution in [0.4, 0.5) is 0 Å². The highest BCUT2D eigenvalue weighted by Gasteiger charge is 2.32. The highest BCUT2D eigenvalue weighted by atomic mass is 16.2. The Morgan fingerprint density at radius 1 is 1.69 bits per heavy atom. The fourth-order valence-corrected chi connectivity index (χ4v) is 1.40. The van der Waals surface area contributed by atoms with Crippen LogP contribution in [0.3, 0.4) is 0 Å². The summed E-state index contributed by atoms with van der Waals surface area (Å²) in [5.41, 5.74) is 0. The van der Waals surface area contributed by atoms with E-state index in [2.05, 4.69) is 17.2 Å². The van der Waals surface area contributed by atoms with Crippen LogP contribution in [0.2, 0.25) is 0 Å². The van der Waals surface area contributed by atoms with Gasteiger partial charge in [-0.3, -0.25) is 19.7 Å². The normalized spacial score (nSPS) is 20.6. The molecular weight excluding hydrogens is 210 g/mol. The van der Waals surface area contributed by atoms with Crippen molar-refractivity contribution in [2.24, 2.45) is 0 Å². The first-order valence-corrected chi connectivity index (χ1v) is 5.01. The van der Waals surface area contributed by atoms with Crippen LogP contribution >= 0.6 is 0 Å². The van der Waals surface area contributed by atoms with E-state index in [1.807, 2.05) is 0 Å². The predicted octanol–water partition coefficient (Wildman–Crippen LogP) is -1.36. The quantitative estimate of drug-likeness (QED) is 0.352. The molecule has 0 bridgehead atoms. The van der Waals surface area contributed by atoms with Crippen LogP contribution in [0.1, 0.15) is 6.92 Å². The van der Waals surface area contributed by atoms with Crippen molar-refractivity contribution < 1.29 is 14.4 Å². The third-order valence-corrected chi connectivity index (χ3v) is 2.31. The fraction of sp³-hybridized carbons (Fsp3) is 0.500. The maximum Gasteiger partial charge on any atom is 0.249 e. The first-order valence-electron chi connectivity index (χ1n) is 5.01. The van der Waals surface area contributed by atoms with E-state index in [1.54, 1.807) is 13.0 Å². The Hall–Kier alpha value is -1.69. The average Bonchev–Trinajstić information content (AvgIpc) is 2.23. The van der Waals surface area contributed by atoms with E-state index in [1.165, 1.54) is 4.90 Å². The van der Waals surface area contributed by atoms with E-state index in [0.29, 0.717) is 6.54 Å². The molecule has 1 saturated heterocycles. The standard InChI is InChI=1S/C10H15N3O3/c1-3-4-11-5-9(15)13-6-8(14)12-10(16)7(13)2/h3,7,11H,1,4-6H2,2H3,(H,12,14,16). The van der Waals surface area contributed by atoms with Gasteiger partial charge in [-0.2, -0.15) is 0 Å². The maximum atomic E-state index is 11.7. The summed E-state index contributed by atoms with van der Waals surface area (Å²) in [4.78, 5) is 35.3. The second-order valence-corrected chi connectivity index (χ2v) is 3.53.